The summed E-state index contributed by atoms with van der Waals surface area (Å²) in [6.07, 6.45) is -4.39. The van der Waals surface area contributed by atoms with Crippen molar-refractivity contribution >= 4 is 27.5 Å². The number of hydrogen-bond donors (Lipinski definition) is 2. The predicted octanol–water partition coefficient (Wildman–Crippen LogP) is 4.67. The van der Waals surface area contributed by atoms with Crippen molar-refractivity contribution in [2.45, 2.75) is 12.2 Å². The van der Waals surface area contributed by atoms with Crippen molar-refractivity contribution in [3.05, 3.63) is 68.7 Å². The first-order valence-electron chi connectivity index (χ1n) is 5.91. The number of hydrogen-bond acceptors (Lipinski definition) is 2. The smallest absolute Gasteiger partial charge is 0.271 e. The van der Waals surface area contributed by atoms with Crippen LogP contribution in [0.2, 0.25) is 5.02 Å². The van der Waals surface area contributed by atoms with Gasteiger partial charge < -0.3 is 0 Å². The van der Waals surface area contributed by atoms with Crippen molar-refractivity contribution in [1.82, 2.24) is 5.43 Å². The fourth-order valence-electron chi connectivity index (χ4n) is 1.97. The van der Waals surface area contributed by atoms with Gasteiger partial charge in [-0.25, -0.2) is 5.43 Å². The number of rotatable bonds is 3. The summed E-state index contributed by atoms with van der Waals surface area (Å²) in [5.74, 6) is 5.50. The molecule has 0 aliphatic heterocycles. The first kappa shape index (κ1) is 16.3. The standard InChI is InChI=1S/C14H11BrClF3N2/c15-11-7-9(4-5-12(11)16)13(21-20)8-2-1-3-10(6-8)14(17,18)19/h1-7,13,21H,20H2. The Balaban J connectivity index is 2.44. The fourth-order valence-corrected chi connectivity index (χ4v) is 2.49. The molecule has 1 unspecified atom stereocenters. The first-order valence-corrected chi connectivity index (χ1v) is 7.08. The summed E-state index contributed by atoms with van der Waals surface area (Å²) < 4.78 is 39.0. The van der Waals surface area contributed by atoms with Crippen molar-refractivity contribution in [3.8, 4) is 0 Å². The molecule has 2 nitrogen and oxygen atoms in total. The van der Waals surface area contributed by atoms with Gasteiger partial charge in [0.2, 0.25) is 0 Å². The lowest BCUT2D eigenvalue weighted by molar-refractivity contribution is -0.137. The maximum atomic E-state index is 12.8. The molecule has 0 aromatic heterocycles. The lowest BCUT2D eigenvalue weighted by Gasteiger charge is -2.19. The van der Waals surface area contributed by atoms with E-state index in [9.17, 15) is 13.2 Å². The largest absolute Gasteiger partial charge is 0.416 e. The molecule has 1 atom stereocenters. The third-order valence-corrected chi connectivity index (χ3v) is 4.20. The highest BCUT2D eigenvalue weighted by Crippen LogP contribution is 2.33. The van der Waals surface area contributed by atoms with Gasteiger partial charge in [0.05, 0.1) is 16.6 Å². The molecule has 112 valence electrons. The third-order valence-electron chi connectivity index (χ3n) is 2.99. The first-order chi connectivity index (χ1) is 9.82. The van der Waals surface area contributed by atoms with Crippen LogP contribution in [0.5, 0.6) is 0 Å². The van der Waals surface area contributed by atoms with Crippen molar-refractivity contribution < 1.29 is 13.2 Å². The zero-order chi connectivity index (χ0) is 15.6. The van der Waals surface area contributed by atoms with E-state index in [1.807, 2.05) is 0 Å². The molecule has 0 aliphatic rings. The summed E-state index contributed by atoms with van der Waals surface area (Å²) in [5.41, 5.74) is 2.93. The highest BCUT2D eigenvalue weighted by Gasteiger charge is 2.31. The second-order valence-electron chi connectivity index (χ2n) is 4.40. The van der Waals surface area contributed by atoms with Gasteiger partial charge in [-0.15, -0.1) is 0 Å². The van der Waals surface area contributed by atoms with Gasteiger partial charge in [0.15, 0.2) is 0 Å². The summed E-state index contributed by atoms with van der Waals surface area (Å²) >= 11 is 9.19. The highest BCUT2D eigenvalue weighted by molar-refractivity contribution is 9.10. The Bertz CT molecular complexity index is 646. The Labute approximate surface area is 133 Å². The molecule has 2 aromatic rings. The molecule has 0 radical (unpaired) electrons. The van der Waals surface area contributed by atoms with Crippen LogP contribution in [-0.4, -0.2) is 0 Å². The number of nitrogens with one attached hydrogen (secondary N) is 1. The van der Waals surface area contributed by atoms with Crippen LogP contribution in [0.3, 0.4) is 0 Å². The Morgan fingerprint density at radius 3 is 2.33 bits per heavy atom. The summed E-state index contributed by atoms with van der Waals surface area (Å²) in [6, 6.07) is 9.54. The molecule has 0 bridgehead atoms. The van der Waals surface area contributed by atoms with Gasteiger partial charge in [0.1, 0.15) is 0 Å². The minimum absolute atomic E-state index is 0.418. The molecular weight excluding hydrogens is 369 g/mol. The van der Waals surface area contributed by atoms with Crippen molar-refractivity contribution in [3.63, 3.8) is 0 Å². The number of benzene rings is 2. The second-order valence-corrected chi connectivity index (χ2v) is 5.66. The van der Waals surface area contributed by atoms with Crippen molar-refractivity contribution in [1.29, 1.82) is 0 Å². The van der Waals surface area contributed by atoms with Crippen LogP contribution in [0.15, 0.2) is 46.9 Å². The van der Waals surface area contributed by atoms with E-state index >= 15 is 0 Å². The summed E-state index contributed by atoms with van der Waals surface area (Å²) in [7, 11) is 0. The zero-order valence-electron chi connectivity index (χ0n) is 10.6. The van der Waals surface area contributed by atoms with Gasteiger partial charge in [0.25, 0.3) is 0 Å². The Morgan fingerprint density at radius 2 is 1.76 bits per heavy atom. The molecule has 0 spiro atoms. The molecule has 7 heteroatoms. The van der Waals surface area contributed by atoms with E-state index < -0.39 is 17.8 Å². The summed E-state index contributed by atoms with van der Waals surface area (Å²) in [6.45, 7) is 0. The molecular formula is C14H11BrClF3N2. The van der Waals surface area contributed by atoms with Crippen LogP contribution in [0.4, 0.5) is 13.2 Å². The average molecular weight is 380 g/mol. The van der Waals surface area contributed by atoms with Crippen molar-refractivity contribution in [2.75, 3.05) is 0 Å². The van der Waals surface area contributed by atoms with E-state index in [-0.39, 0.29) is 0 Å². The molecule has 0 saturated heterocycles. The normalized spacial score (nSPS) is 13.2. The minimum Gasteiger partial charge on any atom is -0.271 e. The van der Waals surface area contributed by atoms with Crippen LogP contribution in [0.25, 0.3) is 0 Å². The van der Waals surface area contributed by atoms with Crippen LogP contribution in [0.1, 0.15) is 22.7 Å². The third kappa shape index (κ3) is 3.77. The van der Waals surface area contributed by atoms with Gasteiger partial charge in [0, 0.05) is 4.47 Å². The number of hydrazine groups is 1. The maximum absolute atomic E-state index is 12.8. The Kier molecular flexibility index (Phi) is 4.93. The van der Waals surface area contributed by atoms with E-state index in [4.69, 9.17) is 17.4 Å². The van der Waals surface area contributed by atoms with Gasteiger partial charge in [-0.05, 0) is 51.3 Å². The summed E-state index contributed by atoms with van der Waals surface area (Å²) in [5, 5.41) is 0.513. The van der Waals surface area contributed by atoms with Crippen LogP contribution in [-0.2, 0) is 6.18 Å². The van der Waals surface area contributed by atoms with Crippen LogP contribution in [0, 0.1) is 0 Å². The highest BCUT2D eigenvalue weighted by atomic mass is 79.9. The molecule has 3 N–H and O–H groups in total. The quantitative estimate of drug-likeness (QED) is 0.600. The fraction of sp³-hybridized carbons (Fsp3) is 0.143. The lowest BCUT2D eigenvalue weighted by atomic mass is 9.97. The summed E-state index contributed by atoms with van der Waals surface area (Å²) in [4.78, 5) is 0. The van der Waals surface area contributed by atoms with Crippen molar-refractivity contribution in [2.24, 2.45) is 5.84 Å². The molecule has 0 saturated carbocycles. The molecule has 0 heterocycles. The second kappa shape index (κ2) is 6.36. The van der Waals surface area contributed by atoms with Crippen LogP contribution >= 0.6 is 27.5 Å². The lowest BCUT2D eigenvalue weighted by Crippen LogP contribution is -2.29. The van der Waals surface area contributed by atoms with E-state index in [1.54, 1.807) is 24.3 Å². The average Bonchev–Trinajstić information content (AvgIpc) is 2.43. The molecule has 0 aliphatic carbocycles. The number of halogens is 5. The van der Waals surface area contributed by atoms with E-state index in [1.165, 1.54) is 6.07 Å². The van der Waals surface area contributed by atoms with E-state index in [0.29, 0.717) is 20.6 Å². The maximum Gasteiger partial charge on any atom is 0.416 e. The van der Waals surface area contributed by atoms with E-state index in [2.05, 4.69) is 21.4 Å². The van der Waals surface area contributed by atoms with Gasteiger partial charge in [-0.3, -0.25) is 5.84 Å². The number of alkyl halides is 3. The molecule has 0 amide bonds. The molecule has 0 fully saturated rings. The molecule has 21 heavy (non-hydrogen) atoms. The molecule has 2 aromatic carbocycles. The van der Waals surface area contributed by atoms with E-state index in [0.717, 1.165) is 12.1 Å². The topological polar surface area (TPSA) is 38.0 Å². The monoisotopic (exact) mass is 378 g/mol. The Hall–Kier alpha value is -1.08. The van der Waals surface area contributed by atoms with Crippen LogP contribution < -0.4 is 11.3 Å². The zero-order valence-corrected chi connectivity index (χ0v) is 12.9. The predicted molar refractivity (Wildman–Crippen MR) is 79.8 cm³/mol. The van der Waals surface area contributed by atoms with Gasteiger partial charge >= 0.3 is 6.18 Å². The minimum atomic E-state index is -4.39. The van der Waals surface area contributed by atoms with Gasteiger partial charge in [-0.1, -0.05) is 29.8 Å². The molecule has 2 rings (SSSR count). The van der Waals surface area contributed by atoms with Gasteiger partial charge in [-0.2, -0.15) is 13.2 Å². The Morgan fingerprint density at radius 1 is 1.10 bits per heavy atom. The number of nitrogens with two attached hydrogens (primary N) is 1. The SMILES string of the molecule is NNC(c1cccc(C(F)(F)F)c1)c1ccc(Cl)c(Br)c1.